The van der Waals surface area contributed by atoms with Crippen LogP contribution in [0.15, 0.2) is 51.7 Å². The first-order chi connectivity index (χ1) is 15.2. The highest BCUT2D eigenvalue weighted by molar-refractivity contribution is 6.32. The van der Waals surface area contributed by atoms with Crippen molar-refractivity contribution in [3.63, 3.8) is 0 Å². The van der Waals surface area contributed by atoms with E-state index in [1.807, 2.05) is 6.92 Å². The minimum atomic E-state index is -5.02. The van der Waals surface area contributed by atoms with E-state index in [1.165, 1.54) is 30.3 Å². The molecule has 0 spiro atoms. The van der Waals surface area contributed by atoms with E-state index in [0.717, 1.165) is 12.5 Å². The van der Waals surface area contributed by atoms with E-state index in [9.17, 15) is 22.8 Å². The number of alkyl halides is 3. The highest BCUT2D eigenvalue weighted by atomic mass is 35.5. The molecule has 1 heterocycles. The van der Waals surface area contributed by atoms with Crippen LogP contribution in [-0.4, -0.2) is 19.2 Å². The molecule has 1 aromatic heterocycles. The molecular formula is C22H18ClF3O6. The monoisotopic (exact) mass is 470 g/mol. The maximum Gasteiger partial charge on any atom is 0.453 e. The summed E-state index contributed by atoms with van der Waals surface area (Å²) in [5.74, 6) is -3.38. The lowest BCUT2D eigenvalue weighted by molar-refractivity contribution is -0.154. The summed E-state index contributed by atoms with van der Waals surface area (Å²) in [7, 11) is 0. The predicted molar refractivity (Wildman–Crippen MR) is 110 cm³/mol. The molecule has 3 aromatic rings. The normalized spacial score (nSPS) is 11.4. The Hall–Kier alpha value is -3.20. The third-order valence-corrected chi connectivity index (χ3v) is 4.56. The van der Waals surface area contributed by atoms with E-state index >= 15 is 0 Å². The van der Waals surface area contributed by atoms with Crippen molar-refractivity contribution in [2.45, 2.75) is 25.9 Å². The molecule has 3 rings (SSSR count). The third-order valence-electron chi connectivity index (χ3n) is 4.25. The molecule has 0 radical (unpaired) electrons. The van der Waals surface area contributed by atoms with Crippen LogP contribution in [0.2, 0.25) is 5.02 Å². The first kappa shape index (κ1) is 23.5. The van der Waals surface area contributed by atoms with Gasteiger partial charge in [0.1, 0.15) is 17.1 Å². The maximum absolute atomic E-state index is 13.6. The van der Waals surface area contributed by atoms with Crippen molar-refractivity contribution in [2.75, 3.05) is 13.2 Å². The number of hydrogen-bond acceptors (Lipinski definition) is 6. The van der Waals surface area contributed by atoms with Crippen LogP contribution in [-0.2, 0) is 15.7 Å². The lowest BCUT2D eigenvalue weighted by atomic mass is 10.2. The lowest BCUT2D eigenvalue weighted by Gasteiger charge is -2.14. The second-order valence-corrected chi connectivity index (χ2v) is 7.05. The second-order valence-electron chi connectivity index (χ2n) is 6.64. The highest BCUT2D eigenvalue weighted by Crippen LogP contribution is 2.39. The Morgan fingerprint density at radius 1 is 1.16 bits per heavy atom. The van der Waals surface area contributed by atoms with Crippen LogP contribution in [0.1, 0.15) is 25.5 Å². The van der Waals surface area contributed by atoms with Gasteiger partial charge < -0.3 is 18.6 Å². The molecule has 0 saturated carbocycles. The van der Waals surface area contributed by atoms with Gasteiger partial charge in [0.15, 0.2) is 6.61 Å². The summed E-state index contributed by atoms with van der Waals surface area (Å²) in [6, 6.07) is 9.42. The van der Waals surface area contributed by atoms with Crippen LogP contribution in [0, 0.1) is 0 Å². The van der Waals surface area contributed by atoms with Crippen LogP contribution in [0.25, 0.3) is 11.0 Å². The number of carbonyl (C=O) groups is 1. The van der Waals surface area contributed by atoms with Gasteiger partial charge in [-0.2, -0.15) is 13.2 Å². The minimum absolute atomic E-state index is 0.0229. The zero-order valence-electron chi connectivity index (χ0n) is 16.8. The SMILES string of the molecule is CCCCOC(=O)COc1ccc2c(=O)c(Oc3ccccc3Cl)c(C(F)(F)F)oc2c1. The average molecular weight is 471 g/mol. The number of rotatable bonds is 8. The summed E-state index contributed by atoms with van der Waals surface area (Å²) in [6.07, 6.45) is -3.48. The Kier molecular flexibility index (Phi) is 7.29. The molecule has 0 N–H and O–H groups in total. The van der Waals surface area contributed by atoms with E-state index in [1.54, 1.807) is 6.07 Å². The predicted octanol–water partition coefficient (Wildman–Crippen LogP) is 5.98. The number of esters is 1. The van der Waals surface area contributed by atoms with Gasteiger partial charge in [-0.3, -0.25) is 4.79 Å². The van der Waals surface area contributed by atoms with Crippen LogP contribution in [0.3, 0.4) is 0 Å². The Balaban J connectivity index is 1.94. The van der Waals surface area contributed by atoms with E-state index in [2.05, 4.69) is 0 Å². The zero-order valence-corrected chi connectivity index (χ0v) is 17.6. The number of hydrogen-bond donors (Lipinski definition) is 0. The molecular weight excluding hydrogens is 453 g/mol. The summed E-state index contributed by atoms with van der Waals surface area (Å²) in [5.41, 5.74) is -1.42. The maximum atomic E-state index is 13.6. The number of carbonyl (C=O) groups excluding carboxylic acids is 1. The standard InChI is InChI=1S/C22H18ClF3O6/c1-2-3-10-29-18(27)12-30-13-8-9-14-17(11-13)32-21(22(24,25)26)20(19(14)28)31-16-7-5-4-6-15(16)23/h4-9,11H,2-3,10,12H2,1H3. The fourth-order valence-corrected chi connectivity index (χ4v) is 2.85. The molecule has 0 bridgehead atoms. The zero-order chi connectivity index (χ0) is 23.3. The van der Waals surface area contributed by atoms with E-state index in [-0.39, 0.29) is 34.1 Å². The first-order valence-electron chi connectivity index (χ1n) is 9.59. The molecule has 0 fully saturated rings. The summed E-state index contributed by atoms with van der Waals surface area (Å²) >= 11 is 5.94. The largest absolute Gasteiger partial charge is 0.482 e. The van der Waals surface area contributed by atoms with Crippen molar-refractivity contribution in [3.8, 4) is 17.2 Å². The van der Waals surface area contributed by atoms with Crippen molar-refractivity contribution < 1.29 is 36.6 Å². The smallest absolute Gasteiger partial charge is 0.453 e. The van der Waals surface area contributed by atoms with Gasteiger partial charge in [0.05, 0.1) is 17.0 Å². The van der Waals surface area contributed by atoms with Crippen molar-refractivity contribution in [3.05, 3.63) is 63.5 Å². The van der Waals surface area contributed by atoms with E-state index in [4.69, 9.17) is 30.2 Å². The summed E-state index contributed by atoms with van der Waals surface area (Å²) in [5, 5.41) is -0.146. The number of fused-ring (bicyclic) bond motifs is 1. The number of unbranched alkanes of at least 4 members (excludes halogenated alkanes) is 1. The number of benzene rings is 2. The Bertz CT molecular complexity index is 1170. The molecule has 6 nitrogen and oxygen atoms in total. The van der Waals surface area contributed by atoms with Crippen LogP contribution in [0.5, 0.6) is 17.2 Å². The molecule has 0 saturated heterocycles. The fraction of sp³-hybridized carbons (Fsp3) is 0.273. The van der Waals surface area contributed by atoms with Gasteiger partial charge in [0, 0.05) is 6.07 Å². The summed E-state index contributed by atoms with van der Waals surface area (Å²) in [6.45, 7) is 1.74. The Labute approximate surface area is 185 Å². The number of ether oxygens (including phenoxy) is 3. The van der Waals surface area contributed by atoms with Gasteiger partial charge in [-0.25, -0.2) is 4.79 Å². The topological polar surface area (TPSA) is 75.0 Å². The minimum Gasteiger partial charge on any atom is -0.482 e. The molecule has 2 aromatic carbocycles. The molecule has 170 valence electrons. The summed E-state index contributed by atoms with van der Waals surface area (Å²) in [4.78, 5) is 24.4. The van der Waals surface area contributed by atoms with Gasteiger partial charge in [-0.15, -0.1) is 0 Å². The van der Waals surface area contributed by atoms with Gasteiger partial charge in [0.2, 0.25) is 11.2 Å². The molecule has 0 aliphatic heterocycles. The van der Waals surface area contributed by atoms with Crippen molar-refractivity contribution in [1.82, 2.24) is 0 Å². The lowest BCUT2D eigenvalue weighted by Crippen LogP contribution is -2.16. The van der Waals surface area contributed by atoms with E-state index in [0.29, 0.717) is 6.42 Å². The van der Waals surface area contributed by atoms with Gasteiger partial charge >= 0.3 is 12.1 Å². The first-order valence-corrected chi connectivity index (χ1v) is 9.97. The van der Waals surface area contributed by atoms with Gasteiger partial charge in [-0.1, -0.05) is 37.1 Å². The Morgan fingerprint density at radius 3 is 2.59 bits per heavy atom. The van der Waals surface area contributed by atoms with Gasteiger partial charge in [0.25, 0.3) is 5.76 Å². The molecule has 0 atom stereocenters. The molecule has 32 heavy (non-hydrogen) atoms. The van der Waals surface area contributed by atoms with Crippen molar-refractivity contribution >= 4 is 28.5 Å². The quantitative estimate of drug-likeness (QED) is 0.298. The van der Waals surface area contributed by atoms with Crippen LogP contribution in [0.4, 0.5) is 13.2 Å². The Morgan fingerprint density at radius 2 is 1.91 bits per heavy atom. The highest BCUT2D eigenvalue weighted by Gasteiger charge is 2.40. The molecule has 0 aliphatic rings. The summed E-state index contributed by atoms with van der Waals surface area (Å²) < 4.78 is 61.3. The van der Waals surface area contributed by atoms with Crippen LogP contribution >= 0.6 is 11.6 Å². The number of halogens is 4. The average Bonchev–Trinajstić information content (AvgIpc) is 2.74. The van der Waals surface area contributed by atoms with Crippen molar-refractivity contribution in [2.24, 2.45) is 0 Å². The van der Waals surface area contributed by atoms with E-state index < -0.39 is 35.7 Å². The molecule has 10 heteroatoms. The van der Waals surface area contributed by atoms with Gasteiger partial charge in [-0.05, 0) is 30.7 Å². The number of para-hydroxylation sites is 1. The molecule has 0 unspecified atom stereocenters. The fourth-order valence-electron chi connectivity index (χ4n) is 2.68. The second kappa shape index (κ2) is 9.95. The molecule has 0 amide bonds. The van der Waals surface area contributed by atoms with Crippen molar-refractivity contribution in [1.29, 1.82) is 0 Å². The molecule has 0 aliphatic carbocycles. The van der Waals surface area contributed by atoms with Crippen LogP contribution < -0.4 is 14.9 Å². The third kappa shape index (κ3) is 5.53.